The summed E-state index contributed by atoms with van der Waals surface area (Å²) < 4.78 is 6.85. The van der Waals surface area contributed by atoms with E-state index < -0.39 is 12.0 Å². The van der Waals surface area contributed by atoms with Crippen LogP contribution in [0.4, 0.5) is 0 Å². The van der Waals surface area contributed by atoms with Crippen molar-refractivity contribution in [1.82, 2.24) is 24.4 Å². The number of aromatic nitrogens is 3. The first-order chi connectivity index (χ1) is 15.4. The third-order valence-corrected chi connectivity index (χ3v) is 7.42. The van der Waals surface area contributed by atoms with E-state index in [1.807, 2.05) is 0 Å². The van der Waals surface area contributed by atoms with Crippen molar-refractivity contribution < 1.29 is 19.1 Å². The van der Waals surface area contributed by atoms with Crippen LogP contribution in [-0.2, 0) is 4.79 Å². The number of carbonyl (C=O) groups is 2. The summed E-state index contributed by atoms with van der Waals surface area (Å²) in [6.45, 7) is 0.659. The highest BCUT2D eigenvalue weighted by atomic mass is 35.5. The lowest BCUT2D eigenvalue weighted by Crippen LogP contribution is -2.57. The van der Waals surface area contributed by atoms with Gasteiger partial charge in [0, 0.05) is 18.1 Å². The molecule has 0 bridgehead atoms. The summed E-state index contributed by atoms with van der Waals surface area (Å²) in [5, 5.41) is 15.4. The largest absolute Gasteiger partial charge is 0.442 e. The molecule has 3 fully saturated rings. The normalized spacial score (nSPS) is 27.3. The monoisotopic (exact) mass is 475 g/mol. The molecule has 1 saturated heterocycles. The molecule has 6 rings (SSSR count). The summed E-state index contributed by atoms with van der Waals surface area (Å²) in [5.41, 5.74) is 0.992. The van der Waals surface area contributed by atoms with Crippen LogP contribution in [0.2, 0.25) is 10.0 Å². The number of aliphatic hydroxyl groups is 1. The molecule has 3 aromatic rings. The van der Waals surface area contributed by atoms with Crippen molar-refractivity contribution in [1.29, 1.82) is 0 Å². The highest BCUT2D eigenvalue weighted by molar-refractivity contribution is 6.37. The van der Waals surface area contributed by atoms with E-state index in [2.05, 4.69) is 10.1 Å². The van der Waals surface area contributed by atoms with Crippen molar-refractivity contribution in [2.45, 2.75) is 25.0 Å². The number of hydrogen-bond donors (Lipinski definition) is 1. The number of pyridine rings is 1. The Morgan fingerprint density at radius 1 is 1.22 bits per heavy atom. The molecule has 3 aliphatic rings. The van der Waals surface area contributed by atoms with Crippen molar-refractivity contribution in [2.75, 3.05) is 19.6 Å². The van der Waals surface area contributed by atoms with Gasteiger partial charge in [0.25, 0.3) is 5.91 Å². The van der Waals surface area contributed by atoms with Crippen LogP contribution in [0.1, 0.15) is 23.3 Å². The Bertz CT molecular complexity index is 1240. The van der Waals surface area contributed by atoms with Crippen molar-refractivity contribution >= 4 is 40.5 Å². The van der Waals surface area contributed by atoms with E-state index in [0.717, 1.165) is 12.8 Å². The molecule has 0 aromatic carbocycles. The second kappa shape index (κ2) is 7.19. The van der Waals surface area contributed by atoms with Gasteiger partial charge in [0.2, 0.25) is 5.91 Å². The zero-order chi connectivity index (χ0) is 22.1. The van der Waals surface area contributed by atoms with Crippen LogP contribution in [0.3, 0.4) is 0 Å². The fourth-order valence-corrected chi connectivity index (χ4v) is 5.57. The first-order valence-electron chi connectivity index (χ1n) is 10.5. The molecular formula is C21H19Cl2N5O4. The second-order valence-corrected chi connectivity index (χ2v) is 9.47. The predicted molar refractivity (Wildman–Crippen MR) is 114 cm³/mol. The van der Waals surface area contributed by atoms with Crippen LogP contribution < -0.4 is 0 Å². The van der Waals surface area contributed by atoms with Crippen molar-refractivity contribution in [3.8, 4) is 11.5 Å². The van der Waals surface area contributed by atoms with Gasteiger partial charge in [0.05, 0.1) is 28.9 Å². The third-order valence-electron chi connectivity index (χ3n) is 6.82. The highest BCUT2D eigenvalue weighted by Crippen LogP contribution is 2.53. The first-order valence-corrected chi connectivity index (χ1v) is 11.2. The number of piperazine rings is 1. The number of nitrogens with zero attached hydrogens (tertiary/aromatic N) is 5. The molecule has 9 nitrogen and oxygen atoms in total. The number of oxazole rings is 1. The zero-order valence-electron chi connectivity index (χ0n) is 16.8. The smallest absolute Gasteiger partial charge is 0.276 e. The maximum Gasteiger partial charge on any atom is 0.276 e. The van der Waals surface area contributed by atoms with Gasteiger partial charge < -0.3 is 19.3 Å². The zero-order valence-corrected chi connectivity index (χ0v) is 18.3. The molecule has 4 heterocycles. The molecule has 0 radical (unpaired) electrons. The van der Waals surface area contributed by atoms with Gasteiger partial charge in [0.1, 0.15) is 12.2 Å². The highest BCUT2D eigenvalue weighted by Gasteiger charge is 2.55. The summed E-state index contributed by atoms with van der Waals surface area (Å²) in [5.74, 6) is 0.688. The molecule has 0 spiro atoms. The van der Waals surface area contributed by atoms with Crippen LogP contribution in [0.25, 0.3) is 17.0 Å². The van der Waals surface area contributed by atoms with E-state index >= 15 is 0 Å². The summed E-state index contributed by atoms with van der Waals surface area (Å²) in [7, 11) is 0. The Kier molecular flexibility index (Phi) is 4.50. The van der Waals surface area contributed by atoms with Crippen molar-refractivity contribution in [2.24, 2.45) is 11.8 Å². The van der Waals surface area contributed by atoms with Crippen LogP contribution in [0.15, 0.2) is 29.1 Å². The minimum atomic E-state index is -0.460. The standard InChI is InChI=1S/C21H19Cl2N5O4/c22-11-5-13(16-7-24-9-32-16)28-14(6-11)18(23)19(25-28)21(31)26-1-2-27(17(29)8-26)15-4-10-3-12(10)20(15)30/h5-7,9-10,12,15,20,30H,1-4,8H2/t10-,12-,15-,20-/m0/s1. The molecule has 1 aliphatic heterocycles. The molecule has 2 saturated carbocycles. The topological polar surface area (TPSA) is 104 Å². The SMILES string of the molecule is O=C(c1nn2c(-c3cnco3)cc(Cl)cc2c1Cl)N1CCN([C@H]2C[C@@H]3C[C@@H]3[C@@H]2O)C(=O)C1. The minimum Gasteiger partial charge on any atom is -0.442 e. The van der Waals surface area contributed by atoms with Gasteiger partial charge in [-0.2, -0.15) is 5.10 Å². The third kappa shape index (κ3) is 3.02. The number of amides is 2. The summed E-state index contributed by atoms with van der Waals surface area (Å²) in [6.07, 6.45) is 4.24. The van der Waals surface area contributed by atoms with Gasteiger partial charge in [-0.3, -0.25) is 9.59 Å². The van der Waals surface area contributed by atoms with Gasteiger partial charge >= 0.3 is 0 Å². The summed E-state index contributed by atoms with van der Waals surface area (Å²) in [4.78, 5) is 33.2. The van der Waals surface area contributed by atoms with Gasteiger partial charge in [-0.25, -0.2) is 9.50 Å². The van der Waals surface area contributed by atoms with Crippen LogP contribution in [-0.4, -0.2) is 73.1 Å². The Morgan fingerprint density at radius 2 is 2.06 bits per heavy atom. The molecular weight excluding hydrogens is 457 g/mol. The van der Waals surface area contributed by atoms with Crippen LogP contribution in [0, 0.1) is 11.8 Å². The van der Waals surface area contributed by atoms with Crippen molar-refractivity contribution in [3.63, 3.8) is 0 Å². The summed E-state index contributed by atoms with van der Waals surface area (Å²) in [6, 6.07) is 3.12. The Labute approximate surface area is 192 Å². The lowest BCUT2D eigenvalue weighted by atomic mass is 10.1. The van der Waals surface area contributed by atoms with E-state index in [0.29, 0.717) is 46.9 Å². The number of rotatable bonds is 3. The van der Waals surface area contributed by atoms with Crippen LogP contribution in [0.5, 0.6) is 0 Å². The van der Waals surface area contributed by atoms with E-state index in [4.69, 9.17) is 27.6 Å². The quantitative estimate of drug-likeness (QED) is 0.623. The lowest BCUT2D eigenvalue weighted by molar-refractivity contribution is -0.140. The van der Waals surface area contributed by atoms with Gasteiger partial charge in [-0.15, -0.1) is 0 Å². The maximum absolute atomic E-state index is 13.2. The summed E-state index contributed by atoms with van der Waals surface area (Å²) >= 11 is 12.8. The molecule has 32 heavy (non-hydrogen) atoms. The van der Waals surface area contributed by atoms with E-state index in [9.17, 15) is 14.7 Å². The number of hydrogen-bond acceptors (Lipinski definition) is 6. The number of fused-ring (bicyclic) bond motifs is 2. The number of halogens is 2. The maximum atomic E-state index is 13.2. The fourth-order valence-electron chi connectivity index (χ4n) is 5.11. The number of carbonyl (C=O) groups excluding carboxylic acids is 2. The van der Waals surface area contributed by atoms with E-state index in [1.54, 1.807) is 17.0 Å². The van der Waals surface area contributed by atoms with E-state index in [-0.39, 0.29) is 29.2 Å². The molecule has 166 valence electrons. The molecule has 2 amide bonds. The molecule has 4 atom stereocenters. The molecule has 11 heteroatoms. The number of aliphatic hydroxyl groups excluding tert-OH is 1. The van der Waals surface area contributed by atoms with Crippen molar-refractivity contribution in [3.05, 3.63) is 40.5 Å². The van der Waals surface area contributed by atoms with Gasteiger partial charge in [-0.05, 0) is 36.8 Å². The minimum absolute atomic E-state index is 0.0399. The lowest BCUT2D eigenvalue weighted by Gasteiger charge is -2.39. The predicted octanol–water partition coefficient (Wildman–Crippen LogP) is 2.35. The first kappa shape index (κ1) is 20.0. The molecule has 3 aromatic heterocycles. The fraction of sp³-hybridized carbons (Fsp3) is 0.429. The van der Waals surface area contributed by atoms with Crippen LogP contribution >= 0.6 is 23.2 Å². The average molecular weight is 476 g/mol. The van der Waals surface area contributed by atoms with Gasteiger partial charge in [-0.1, -0.05) is 23.2 Å². The Hall–Kier alpha value is -2.62. The Balaban J connectivity index is 1.27. The Morgan fingerprint density at radius 3 is 2.75 bits per heavy atom. The molecule has 2 aliphatic carbocycles. The molecule has 0 unspecified atom stereocenters. The molecule has 1 N–H and O–H groups in total. The van der Waals surface area contributed by atoms with E-state index in [1.165, 1.54) is 22.0 Å². The second-order valence-electron chi connectivity index (χ2n) is 8.65. The van der Waals surface area contributed by atoms with Gasteiger partial charge in [0.15, 0.2) is 17.8 Å². The average Bonchev–Trinajstić information content (AvgIpc) is 3.08.